The molecule has 2 N–H and O–H groups in total. The Kier molecular flexibility index (Phi) is 12.1. The van der Waals surface area contributed by atoms with Gasteiger partial charge in [-0.25, -0.2) is 4.99 Å². The van der Waals surface area contributed by atoms with Crippen molar-refractivity contribution in [3.05, 3.63) is 69.8 Å². The summed E-state index contributed by atoms with van der Waals surface area (Å²) in [4.78, 5) is 14.9. The van der Waals surface area contributed by atoms with Crippen molar-refractivity contribution in [3.63, 3.8) is 0 Å². The number of halogens is 1. The van der Waals surface area contributed by atoms with Crippen LogP contribution in [0.1, 0.15) is 11.1 Å². The van der Waals surface area contributed by atoms with Gasteiger partial charge in [0.1, 0.15) is 5.75 Å². The van der Waals surface area contributed by atoms with Crippen molar-refractivity contribution >= 4 is 47.4 Å². The molecule has 0 aliphatic carbocycles. The van der Waals surface area contributed by atoms with Gasteiger partial charge in [0.25, 0.3) is 5.69 Å². The van der Waals surface area contributed by atoms with Gasteiger partial charge in [-0.2, -0.15) is 11.8 Å². The van der Waals surface area contributed by atoms with E-state index in [1.807, 2.05) is 12.1 Å². The van der Waals surface area contributed by atoms with Gasteiger partial charge in [-0.3, -0.25) is 10.1 Å². The van der Waals surface area contributed by atoms with Gasteiger partial charge in [0.15, 0.2) is 5.96 Å². The minimum absolute atomic E-state index is 0. The Morgan fingerprint density at radius 1 is 1.07 bits per heavy atom. The summed E-state index contributed by atoms with van der Waals surface area (Å²) in [6.45, 7) is 2.02. The fourth-order valence-electron chi connectivity index (χ4n) is 2.46. The largest absolute Gasteiger partial charge is 0.497 e. The highest BCUT2D eigenvalue weighted by Crippen LogP contribution is 2.13. The Hall–Kier alpha value is -2.01. The lowest BCUT2D eigenvalue weighted by Gasteiger charge is -2.12. The van der Waals surface area contributed by atoms with Crippen molar-refractivity contribution < 1.29 is 9.66 Å². The number of methoxy groups -OCH3 is 1. The highest BCUT2D eigenvalue weighted by Gasteiger charge is 2.04. The number of aliphatic imine (C=N–C) groups is 1. The maximum atomic E-state index is 10.7. The first kappa shape index (κ1) is 25.0. The van der Waals surface area contributed by atoms with Crippen molar-refractivity contribution in [2.24, 2.45) is 4.99 Å². The normalized spacial score (nSPS) is 10.8. The van der Waals surface area contributed by atoms with E-state index in [1.165, 1.54) is 17.7 Å². The SMILES string of the molecule is COc1ccc(CCNC(=NCc2ccc([N+](=O)[O-])cc2)NCCSC)cc1.I. The van der Waals surface area contributed by atoms with Crippen LogP contribution in [0.25, 0.3) is 0 Å². The highest BCUT2D eigenvalue weighted by atomic mass is 127. The zero-order valence-corrected chi connectivity index (χ0v) is 19.7. The van der Waals surface area contributed by atoms with E-state index in [0.29, 0.717) is 6.54 Å². The lowest BCUT2D eigenvalue weighted by molar-refractivity contribution is -0.384. The minimum Gasteiger partial charge on any atom is -0.497 e. The van der Waals surface area contributed by atoms with E-state index < -0.39 is 4.92 Å². The summed E-state index contributed by atoms with van der Waals surface area (Å²) in [6.07, 6.45) is 2.93. The molecule has 0 aliphatic rings. The molecular weight excluding hydrogens is 503 g/mol. The van der Waals surface area contributed by atoms with E-state index in [1.54, 1.807) is 31.0 Å². The van der Waals surface area contributed by atoms with Crippen molar-refractivity contribution in [1.29, 1.82) is 0 Å². The summed E-state index contributed by atoms with van der Waals surface area (Å²) in [7, 11) is 1.66. The molecule has 0 atom stereocenters. The minimum atomic E-state index is -0.400. The average Bonchev–Trinajstić information content (AvgIpc) is 2.72. The molecule has 0 heterocycles. The molecule has 0 unspecified atom stereocenters. The van der Waals surface area contributed by atoms with Crippen LogP contribution in [0.3, 0.4) is 0 Å². The summed E-state index contributed by atoms with van der Waals surface area (Å²) in [6, 6.07) is 14.5. The molecule has 2 rings (SSSR count). The van der Waals surface area contributed by atoms with Crippen LogP contribution < -0.4 is 15.4 Å². The summed E-state index contributed by atoms with van der Waals surface area (Å²) >= 11 is 1.77. The first-order valence-electron chi connectivity index (χ1n) is 8.99. The van der Waals surface area contributed by atoms with Crippen LogP contribution >= 0.6 is 35.7 Å². The smallest absolute Gasteiger partial charge is 0.269 e. The van der Waals surface area contributed by atoms with Gasteiger partial charge < -0.3 is 15.4 Å². The molecule has 0 aromatic heterocycles. The number of hydrogen-bond acceptors (Lipinski definition) is 5. The molecule has 0 amide bonds. The van der Waals surface area contributed by atoms with Crippen LogP contribution in [0.5, 0.6) is 5.75 Å². The third-order valence-electron chi connectivity index (χ3n) is 4.03. The predicted octanol–water partition coefficient (Wildman–Crippen LogP) is 3.86. The number of nitrogens with zero attached hydrogens (tertiary/aromatic N) is 2. The monoisotopic (exact) mass is 530 g/mol. The van der Waals surface area contributed by atoms with Crippen molar-refractivity contribution in [3.8, 4) is 5.75 Å². The van der Waals surface area contributed by atoms with E-state index in [0.717, 1.165) is 42.5 Å². The lowest BCUT2D eigenvalue weighted by Crippen LogP contribution is -2.39. The van der Waals surface area contributed by atoms with Crippen molar-refractivity contribution in [2.45, 2.75) is 13.0 Å². The third-order valence-corrected chi connectivity index (χ3v) is 4.64. The van der Waals surface area contributed by atoms with E-state index in [4.69, 9.17) is 4.74 Å². The van der Waals surface area contributed by atoms with Crippen molar-refractivity contribution in [2.75, 3.05) is 32.2 Å². The van der Waals surface area contributed by atoms with E-state index in [9.17, 15) is 10.1 Å². The van der Waals surface area contributed by atoms with Crippen LogP contribution in [0.4, 0.5) is 5.69 Å². The summed E-state index contributed by atoms with van der Waals surface area (Å²) in [5.41, 5.74) is 2.22. The van der Waals surface area contributed by atoms with Crippen molar-refractivity contribution in [1.82, 2.24) is 10.6 Å². The maximum Gasteiger partial charge on any atom is 0.269 e. The van der Waals surface area contributed by atoms with Crippen LogP contribution in [-0.4, -0.2) is 43.1 Å². The lowest BCUT2D eigenvalue weighted by atomic mass is 10.1. The first-order valence-corrected chi connectivity index (χ1v) is 10.4. The van der Waals surface area contributed by atoms with Gasteiger partial charge in [0.2, 0.25) is 0 Å². The molecule has 0 fully saturated rings. The number of nitrogens with one attached hydrogen (secondary N) is 2. The number of thioether (sulfide) groups is 1. The Morgan fingerprint density at radius 2 is 1.69 bits per heavy atom. The van der Waals surface area contributed by atoms with E-state index >= 15 is 0 Å². The number of nitro benzene ring substituents is 1. The molecule has 0 saturated carbocycles. The van der Waals surface area contributed by atoms with Gasteiger partial charge in [-0.05, 0) is 35.9 Å². The molecule has 0 saturated heterocycles. The van der Waals surface area contributed by atoms with Crippen LogP contribution in [0.2, 0.25) is 0 Å². The van der Waals surface area contributed by atoms with E-state index in [2.05, 4.69) is 34.0 Å². The molecule has 0 spiro atoms. The Bertz CT molecular complexity index is 770. The number of non-ortho nitro benzene ring substituents is 1. The number of guanidine groups is 1. The topological polar surface area (TPSA) is 88.8 Å². The standard InChI is InChI=1S/C20H26N4O3S.HI/c1-27-19-9-5-16(6-10-19)11-12-21-20(22-13-14-28-2)23-15-17-3-7-18(8-4-17)24(25)26;/h3-10H,11-15H2,1-2H3,(H2,21,22,23);1H. The fourth-order valence-corrected chi connectivity index (χ4v) is 2.76. The molecule has 29 heavy (non-hydrogen) atoms. The summed E-state index contributed by atoms with van der Waals surface area (Å²) in [5.74, 6) is 2.57. The van der Waals surface area contributed by atoms with Gasteiger partial charge in [0, 0.05) is 31.0 Å². The molecule has 0 bridgehead atoms. The second-order valence-corrected chi connectivity index (χ2v) is 7.02. The molecule has 0 radical (unpaired) electrons. The maximum absolute atomic E-state index is 10.7. The molecule has 158 valence electrons. The molecule has 0 aliphatic heterocycles. The number of nitro groups is 1. The third kappa shape index (κ3) is 9.35. The van der Waals surface area contributed by atoms with Gasteiger partial charge in [-0.1, -0.05) is 24.3 Å². The van der Waals surface area contributed by atoms with Crippen LogP contribution in [0, 0.1) is 10.1 Å². The van der Waals surface area contributed by atoms with Gasteiger partial charge in [0.05, 0.1) is 18.6 Å². The van der Waals surface area contributed by atoms with Gasteiger partial charge >= 0.3 is 0 Å². The number of benzene rings is 2. The zero-order chi connectivity index (χ0) is 20.2. The average molecular weight is 530 g/mol. The number of hydrogen-bond donors (Lipinski definition) is 2. The fraction of sp³-hybridized carbons (Fsp3) is 0.350. The number of rotatable bonds is 10. The summed E-state index contributed by atoms with van der Waals surface area (Å²) in [5, 5.41) is 17.4. The second-order valence-electron chi connectivity index (χ2n) is 6.03. The Morgan fingerprint density at radius 3 is 2.28 bits per heavy atom. The number of ether oxygens (including phenoxy) is 1. The Balaban J connectivity index is 0.00000420. The van der Waals surface area contributed by atoms with Crippen LogP contribution in [-0.2, 0) is 13.0 Å². The molecular formula is C20H27IN4O3S. The van der Waals surface area contributed by atoms with Gasteiger partial charge in [-0.15, -0.1) is 24.0 Å². The Labute approximate surface area is 192 Å². The first-order chi connectivity index (χ1) is 13.6. The molecule has 9 heteroatoms. The molecule has 2 aromatic rings. The second kappa shape index (κ2) is 14.0. The predicted molar refractivity (Wildman–Crippen MR) is 131 cm³/mol. The summed E-state index contributed by atoms with van der Waals surface area (Å²) < 4.78 is 5.18. The van der Waals surface area contributed by atoms with Crippen LogP contribution in [0.15, 0.2) is 53.5 Å². The quantitative estimate of drug-likeness (QED) is 0.121. The highest BCUT2D eigenvalue weighted by molar-refractivity contribution is 14.0. The van der Waals surface area contributed by atoms with E-state index in [-0.39, 0.29) is 29.7 Å². The molecule has 2 aromatic carbocycles. The zero-order valence-electron chi connectivity index (χ0n) is 16.6. The molecule has 7 nitrogen and oxygen atoms in total.